The summed E-state index contributed by atoms with van der Waals surface area (Å²) >= 11 is 0. The van der Waals surface area contributed by atoms with Crippen molar-refractivity contribution in [3.8, 4) is 0 Å². The van der Waals surface area contributed by atoms with Crippen LogP contribution in [0.3, 0.4) is 0 Å². The highest BCUT2D eigenvalue weighted by atomic mass is 32.2. The average Bonchev–Trinajstić information content (AvgIpc) is 2.38. The third-order valence-corrected chi connectivity index (χ3v) is 5.60. The first-order valence-corrected chi connectivity index (χ1v) is 8.96. The number of sulfonamides is 1. The maximum Gasteiger partial charge on any atom is 0.240 e. The predicted octanol–water partition coefficient (Wildman–Crippen LogP) is 3.11. The smallest absolute Gasteiger partial charge is 0.240 e. The third kappa shape index (κ3) is 4.17. The van der Waals surface area contributed by atoms with Crippen LogP contribution >= 0.6 is 0 Å². The third-order valence-electron chi connectivity index (χ3n) is 4.10. The Bertz CT molecular complexity index is 571. The van der Waals surface area contributed by atoms with Crippen LogP contribution in [-0.2, 0) is 10.0 Å². The maximum absolute atomic E-state index is 13.7. The molecule has 0 radical (unpaired) electrons. The number of hydrogen-bond donors (Lipinski definition) is 2. The molecule has 0 aliphatic heterocycles. The van der Waals surface area contributed by atoms with Crippen LogP contribution in [0, 0.1) is 12.7 Å². The largest absolute Gasteiger partial charge is 0.398 e. The molecule has 1 aliphatic rings. The summed E-state index contributed by atoms with van der Waals surface area (Å²) in [7, 11) is -3.72. The van der Waals surface area contributed by atoms with Crippen molar-refractivity contribution in [1.82, 2.24) is 4.72 Å². The van der Waals surface area contributed by atoms with Crippen molar-refractivity contribution in [2.45, 2.75) is 62.8 Å². The second kappa shape index (κ2) is 6.75. The van der Waals surface area contributed by atoms with E-state index in [4.69, 9.17) is 5.73 Å². The minimum atomic E-state index is -3.72. The number of nitrogen functional groups attached to an aromatic ring is 1. The lowest BCUT2D eigenvalue weighted by atomic mass is 9.97. The number of anilines is 1. The Hall–Kier alpha value is -1.14. The van der Waals surface area contributed by atoms with Gasteiger partial charge in [0.25, 0.3) is 0 Å². The van der Waals surface area contributed by atoms with Gasteiger partial charge in [-0.2, -0.15) is 0 Å². The van der Waals surface area contributed by atoms with Crippen LogP contribution in [0.5, 0.6) is 0 Å². The van der Waals surface area contributed by atoms with E-state index >= 15 is 0 Å². The van der Waals surface area contributed by atoms with Crippen molar-refractivity contribution in [1.29, 1.82) is 0 Å². The molecule has 4 nitrogen and oxygen atoms in total. The highest BCUT2D eigenvalue weighted by Crippen LogP contribution is 2.23. The monoisotopic (exact) mass is 314 g/mol. The zero-order chi connectivity index (χ0) is 15.5. The summed E-state index contributed by atoms with van der Waals surface area (Å²) in [6.45, 7) is 1.53. The molecular formula is C15H23FN2O2S. The van der Waals surface area contributed by atoms with Crippen LogP contribution in [0.15, 0.2) is 17.0 Å². The van der Waals surface area contributed by atoms with Crippen molar-refractivity contribution < 1.29 is 12.8 Å². The van der Waals surface area contributed by atoms with Gasteiger partial charge in [-0.15, -0.1) is 0 Å². The quantitative estimate of drug-likeness (QED) is 0.842. The number of nitrogens with two attached hydrogens (primary N) is 1. The van der Waals surface area contributed by atoms with E-state index in [1.54, 1.807) is 0 Å². The van der Waals surface area contributed by atoms with E-state index in [-0.39, 0.29) is 22.2 Å². The molecule has 118 valence electrons. The fraction of sp³-hybridized carbons (Fsp3) is 0.600. The molecule has 0 atom stereocenters. The first-order chi connectivity index (χ1) is 9.90. The van der Waals surface area contributed by atoms with E-state index < -0.39 is 15.8 Å². The van der Waals surface area contributed by atoms with Gasteiger partial charge in [0.1, 0.15) is 5.82 Å². The first-order valence-electron chi connectivity index (χ1n) is 7.48. The first kappa shape index (κ1) is 16.2. The number of nitrogens with one attached hydrogen (secondary N) is 1. The van der Waals surface area contributed by atoms with Crippen molar-refractivity contribution in [2.75, 3.05) is 5.73 Å². The van der Waals surface area contributed by atoms with Crippen LogP contribution in [0.4, 0.5) is 10.1 Å². The van der Waals surface area contributed by atoms with E-state index in [1.807, 2.05) is 0 Å². The van der Waals surface area contributed by atoms with Crippen LogP contribution in [0.2, 0.25) is 0 Å². The molecule has 6 heteroatoms. The van der Waals surface area contributed by atoms with Crippen molar-refractivity contribution in [2.24, 2.45) is 0 Å². The molecule has 0 bridgehead atoms. The Balaban J connectivity index is 2.17. The summed E-state index contributed by atoms with van der Waals surface area (Å²) < 4.78 is 41.2. The molecule has 0 unspecified atom stereocenters. The molecule has 1 saturated carbocycles. The second-order valence-electron chi connectivity index (χ2n) is 5.78. The summed E-state index contributed by atoms with van der Waals surface area (Å²) in [5.41, 5.74) is 6.10. The van der Waals surface area contributed by atoms with Gasteiger partial charge in [0.15, 0.2) is 0 Å². The van der Waals surface area contributed by atoms with Crippen LogP contribution in [0.1, 0.15) is 50.5 Å². The molecule has 0 spiro atoms. The zero-order valence-electron chi connectivity index (χ0n) is 12.4. The number of benzene rings is 1. The highest BCUT2D eigenvalue weighted by molar-refractivity contribution is 7.89. The molecule has 21 heavy (non-hydrogen) atoms. The average molecular weight is 314 g/mol. The van der Waals surface area contributed by atoms with Crippen molar-refractivity contribution in [3.63, 3.8) is 0 Å². The van der Waals surface area contributed by atoms with Gasteiger partial charge >= 0.3 is 0 Å². The molecule has 2 rings (SSSR count). The standard InChI is InChI=1S/C15H23FN2O2S/c1-11-14(16)9-13(10-15(11)17)21(19,20)18-12-7-5-3-2-4-6-8-12/h9-10,12,18H,2-8,17H2,1H3. The summed E-state index contributed by atoms with van der Waals surface area (Å²) in [5.74, 6) is -0.590. The maximum atomic E-state index is 13.7. The minimum Gasteiger partial charge on any atom is -0.398 e. The summed E-state index contributed by atoms with van der Waals surface area (Å²) in [6.07, 6.45) is 7.23. The van der Waals surface area contributed by atoms with Gasteiger partial charge < -0.3 is 5.73 Å². The fourth-order valence-electron chi connectivity index (χ4n) is 2.69. The van der Waals surface area contributed by atoms with Gasteiger partial charge in [-0.05, 0) is 31.9 Å². The van der Waals surface area contributed by atoms with Gasteiger partial charge in [0.05, 0.1) is 4.90 Å². The number of halogens is 1. The van der Waals surface area contributed by atoms with Gasteiger partial charge in [-0.25, -0.2) is 17.5 Å². The van der Waals surface area contributed by atoms with Gasteiger partial charge in [-0.3, -0.25) is 0 Å². The Morgan fingerprint density at radius 3 is 2.29 bits per heavy atom. The van der Waals surface area contributed by atoms with E-state index in [2.05, 4.69) is 4.72 Å². The molecule has 1 aliphatic carbocycles. The second-order valence-corrected chi connectivity index (χ2v) is 7.50. The SMILES string of the molecule is Cc1c(N)cc(S(=O)(=O)NC2CCCCCCC2)cc1F. The van der Waals surface area contributed by atoms with Crippen molar-refractivity contribution in [3.05, 3.63) is 23.5 Å². The highest BCUT2D eigenvalue weighted by Gasteiger charge is 2.22. The normalized spacial score (nSPS) is 18.2. The molecule has 1 aromatic rings. The Kier molecular flexibility index (Phi) is 5.22. The molecule has 1 aromatic carbocycles. The predicted molar refractivity (Wildman–Crippen MR) is 82.0 cm³/mol. The van der Waals surface area contributed by atoms with Gasteiger partial charge in [-0.1, -0.05) is 32.1 Å². The Morgan fingerprint density at radius 1 is 1.14 bits per heavy atom. The number of hydrogen-bond acceptors (Lipinski definition) is 3. The molecule has 1 fully saturated rings. The molecule has 0 aromatic heterocycles. The number of rotatable bonds is 3. The summed E-state index contributed by atoms with van der Waals surface area (Å²) in [5, 5.41) is 0. The topological polar surface area (TPSA) is 72.2 Å². The molecule has 3 N–H and O–H groups in total. The Labute approximate surface area is 126 Å². The molecule has 0 heterocycles. The Morgan fingerprint density at radius 2 is 1.71 bits per heavy atom. The van der Waals surface area contributed by atoms with E-state index in [1.165, 1.54) is 19.4 Å². The molecular weight excluding hydrogens is 291 g/mol. The fourth-order valence-corrected chi connectivity index (χ4v) is 4.04. The van der Waals surface area contributed by atoms with E-state index in [0.29, 0.717) is 0 Å². The van der Waals surface area contributed by atoms with Gasteiger partial charge in [0.2, 0.25) is 10.0 Å². The summed E-state index contributed by atoms with van der Waals surface area (Å²) in [4.78, 5) is -0.0924. The molecule has 0 amide bonds. The molecule has 0 saturated heterocycles. The lowest BCUT2D eigenvalue weighted by molar-refractivity contribution is 0.426. The van der Waals surface area contributed by atoms with Gasteiger partial charge in [0, 0.05) is 17.3 Å². The lowest BCUT2D eigenvalue weighted by Gasteiger charge is -2.21. The zero-order valence-corrected chi connectivity index (χ0v) is 13.2. The lowest BCUT2D eigenvalue weighted by Crippen LogP contribution is -2.35. The van der Waals surface area contributed by atoms with Crippen LogP contribution < -0.4 is 10.5 Å². The summed E-state index contributed by atoms with van der Waals surface area (Å²) in [6, 6.07) is 2.29. The van der Waals surface area contributed by atoms with Crippen LogP contribution in [-0.4, -0.2) is 14.5 Å². The van der Waals surface area contributed by atoms with E-state index in [0.717, 1.165) is 44.6 Å². The van der Waals surface area contributed by atoms with Crippen LogP contribution in [0.25, 0.3) is 0 Å². The minimum absolute atomic E-state index is 0.0686. The van der Waals surface area contributed by atoms with Crippen molar-refractivity contribution >= 4 is 15.7 Å². The van der Waals surface area contributed by atoms with E-state index in [9.17, 15) is 12.8 Å².